The van der Waals surface area contributed by atoms with Crippen LogP contribution < -0.4 is 40.2 Å². The number of benzene rings is 2. The molecule has 30 nitrogen and oxygen atoms in total. The molecule has 0 bridgehead atoms. The van der Waals surface area contributed by atoms with Crippen LogP contribution in [0.15, 0.2) is 177 Å². The molecule has 0 unspecified atom stereocenters. The van der Waals surface area contributed by atoms with Gasteiger partial charge in [0, 0.05) is 134 Å². The van der Waals surface area contributed by atoms with E-state index in [0.717, 1.165) is 79.4 Å². The standard InChI is InChI=1S/C23H28F3N3O3.C14H14N2O4.C13H18F3N3.C10H13NO3.C9H12O2.C7H10N2O2.C5H3ClN2O2.C2H3ClO.CH3.Pd/c1-16-8-10-29(11-9-16)22-18(4-6-20(28-22)23(24,25)26)3-5-19(31)14-17-2-7-21(27-15-17)32-13-12-30;17-16(18)13-6-7-14(15-10-13)20-9-8-19-11-12-4-2-1-3-5-12;1-9-4-6-19(7-5-9)12-10(8-17)2-3-11(18-12)13(14,15)16;1-8(13)6-9-2-3-10(11-7-9)14-5-4-12;10-6-7-11-8-9-4-2-1-3-5-9;8-6-1-2-7(9-5-6)11-4-3-10;6-5-2-1-4(3-7-5)8(9)10;1-2(3)4;;/h2,4,6-7,15-16,30H,3,5,8-14H2,1H3;1-7,10H,8-9,11H2;2-3,9H,4-8,17H2,1H3;2-3,7,12H,4-6H2,1H3;1-5,10H,6-8H2;1-2,5,10H,3-4,8H2;1-3H;1H3;1H3;/q;;;;;;;;-1;. The number of ether oxygens (including phenoxy) is 6. The van der Waals surface area contributed by atoms with Crippen molar-refractivity contribution < 1.29 is 120 Å². The first-order valence-electron chi connectivity index (χ1n) is 38.0. The van der Waals surface area contributed by atoms with Crippen molar-refractivity contribution in [3.05, 3.63) is 254 Å². The van der Waals surface area contributed by atoms with Gasteiger partial charge in [-0.1, -0.05) is 110 Å². The molecule has 0 spiro atoms. The second kappa shape index (κ2) is 60.9. The fraction of sp³-hybridized carbons (Fsp3) is 0.393. The average Bonchev–Trinajstić information content (AvgIpc) is 0.807. The summed E-state index contributed by atoms with van der Waals surface area (Å²) in [6.45, 7) is 13.0. The van der Waals surface area contributed by atoms with Crippen LogP contribution in [0.5, 0.6) is 23.5 Å². The van der Waals surface area contributed by atoms with Gasteiger partial charge in [0.15, 0.2) is 0 Å². The molecule has 0 saturated carbocycles. The van der Waals surface area contributed by atoms with Crippen LogP contribution in [-0.4, -0.2) is 174 Å². The van der Waals surface area contributed by atoms with E-state index in [9.17, 15) is 61.0 Å². The predicted octanol–water partition coefficient (Wildman–Crippen LogP) is 13.9. The van der Waals surface area contributed by atoms with E-state index < -0.39 is 33.6 Å². The van der Waals surface area contributed by atoms with Crippen LogP contribution >= 0.6 is 23.2 Å². The third-order valence-electron chi connectivity index (χ3n) is 16.6. The average molecular weight is 1860 g/mol. The van der Waals surface area contributed by atoms with Gasteiger partial charge in [-0.05, 0) is 115 Å². The normalized spacial score (nSPS) is 12.2. The zero-order valence-corrected chi connectivity index (χ0v) is 71.7. The Bertz CT molecular complexity index is 4430. The monoisotopic (exact) mass is 1860 g/mol. The molecule has 0 amide bonds. The summed E-state index contributed by atoms with van der Waals surface area (Å²) < 4.78 is 109. The number of halogens is 8. The van der Waals surface area contributed by atoms with E-state index in [-0.39, 0.29) is 127 Å². The summed E-state index contributed by atoms with van der Waals surface area (Å²) in [5.74, 6) is 3.62. The van der Waals surface area contributed by atoms with Gasteiger partial charge in [0.05, 0.1) is 74.6 Å². The van der Waals surface area contributed by atoms with Gasteiger partial charge in [-0.15, -0.1) is 0 Å². The molecule has 8 N–H and O–H groups in total. The number of carbonyl (C=O) groups is 3. The summed E-state index contributed by atoms with van der Waals surface area (Å²) in [5.41, 5.74) is 14.9. The van der Waals surface area contributed by atoms with Gasteiger partial charge in [0.25, 0.3) is 11.4 Å². The molecule has 674 valence electrons. The third-order valence-corrected chi connectivity index (χ3v) is 16.8. The van der Waals surface area contributed by atoms with Gasteiger partial charge in [0.2, 0.25) is 28.8 Å². The zero-order valence-electron chi connectivity index (χ0n) is 68.6. The molecule has 2 aliphatic heterocycles. The van der Waals surface area contributed by atoms with Crippen molar-refractivity contribution in [3.63, 3.8) is 0 Å². The first-order valence-corrected chi connectivity index (χ1v) is 38.8. The first kappa shape index (κ1) is 109. The van der Waals surface area contributed by atoms with E-state index in [2.05, 4.69) is 60.3 Å². The molecule has 9 aromatic rings. The molecule has 2 aromatic carbocycles. The Labute approximate surface area is 733 Å². The quantitative estimate of drug-likeness (QED) is 0.00343. The molecular weight excluding hydrogens is 1750 g/mol. The van der Waals surface area contributed by atoms with Crippen LogP contribution in [0.4, 0.5) is 55.0 Å². The zero-order chi connectivity index (χ0) is 89.0. The fourth-order valence-electron chi connectivity index (χ4n) is 10.5. The molecule has 39 heteroatoms. The second-order valence-corrected chi connectivity index (χ2v) is 27.4. The van der Waals surface area contributed by atoms with E-state index in [4.69, 9.17) is 71.9 Å². The molecule has 9 heterocycles. The molecule has 2 aliphatic rings. The number of aryl methyl sites for hydroxylation is 1. The van der Waals surface area contributed by atoms with Crippen molar-refractivity contribution in [1.82, 2.24) is 34.9 Å². The van der Waals surface area contributed by atoms with Crippen LogP contribution in [0.25, 0.3) is 0 Å². The number of piperidine rings is 2. The maximum atomic E-state index is 13.2. The van der Waals surface area contributed by atoms with Gasteiger partial charge in [-0.3, -0.25) is 34.6 Å². The number of aliphatic hydroxyl groups is 4. The van der Waals surface area contributed by atoms with E-state index >= 15 is 0 Å². The van der Waals surface area contributed by atoms with Gasteiger partial charge < -0.3 is 77.5 Å². The Morgan fingerprint density at radius 1 is 0.504 bits per heavy atom. The Hall–Kier alpha value is -10.6. The Morgan fingerprint density at radius 3 is 1.25 bits per heavy atom. The topological polar surface area (TPSA) is 423 Å². The van der Waals surface area contributed by atoms with Crippen molar-refractivity contribution in [2.75, 3.05) is 108 Å². The van der Waals surface area contributed by atoms with Gasteiger partial charge in [0.1, 0.15) is 78.6 Å². The molecule has 123 heavy (non-hydrogen) atoms. The summed E-state index contributed by atoms with van der Waals surface area (Å²) in [5, 5.41) is 54.5. The number of ketones is 2. The first-order chi connectivity index (χ1) is 57.8. The number of alkyl halides is 6. The molecule has 2 fully saturated rings. The summed E-state index contributed by atoms with van der Waals surface area (Å²) in [6, 6.07) is 40.3. The SMILES string of the molecule is CC(=O)Cc1ccc(OCCO)nc1.CC(=O)Cl.CC1CCN(c2nc(C(F)(F)F)ccc2CCC(=O)Cc2ccc(OCCO)nc2)CC1.CC1CCN(c2nc(C(F)(F)F)ccc2CN)CC1.Nc1ccc(OCCO)nc1.O=[N+]([O-])c1ccc(Cl)nc1.O=[N+]([O-])c1ccc(OCCOCc2ccccc2)nc1.OCCOCc1ccccc1.[CH3-].[Pd]. The van der Waals surface area contributed by atoms with Crippen LogP contribution in [0.1, 0.15) is 105 Å². The maximum Gasteiger partial charge on any atom is 0.433 e. The van der Waals surface area contributed by atoms with E-state index in [1.54, 1.807) is 48.8 Å². The minimum absolute atomic E-state index is 0. The Kier molecular flexibility index (Phi) is 53.7. The number of pyridine rings is 7. The van der Waals surface area contributed by atoms with E-state index in [1.807, 2.05) is 70.5 Å². The maximum absolute atomic E-state index is 13.2. The minimum atomic E-state index is -4.51. The number of anilines is 3. The molecule has 0 atom stereocenters. The number of Topliss-reactive ketones (excluding diaryl/α,β-unsaturated/α-hetero) is 2. The summed E-state index contributed by atoms with van der Waals surface area (Å²) in [7, 11) is 0. The molecule has 0 radical (unpaired) electrons. The molecule has 7 aromatic heterocycles. The molecular formula is C84H104Cl2F6N13O17Pd-. The largest absolute Gasteiger partial charge is 0.475 e. The predicted molar refractivity (Wildman–Crippen MR) is 448 cm³/mol. The van der Waals surface area contributed by atoms with Crippen molar-refractivity contribution in [1.29, 1.82) is 0 Å². The number of nitrogens with two attached hydrogens (primary N) is 2. The van der Waals surface area contributed by atoms with E-state index in [1.165, 1.54) is 62.6 Å². The number of hydrogen-bond acceptors (Lipinski definition) is 28. The van der Waals surface area contributed by atoms with Crippen molar-refractivity contribution in [2.45, 2.75) is 111 Å². The van der Waals surface area contributed by atoms with Crippen LogP contribution in [-0.2, 0) is 95.7 Å². The van der Waals surface area contributed by atoms with Crippen LogP contribution in [0, 0.1) is 39.5 Å². The number of nitro groups is 2. The Morgan fingerprint density at radius 2 is 0.886 bits per heavy atom. The summed E-state index contributed by atoms with van der Waals surface area (Å²) in [4.78, 5) is 82.8. The van der Waals surface area contributed by atoms with Crippen molar-refractivity contribution in [3.8, 4) is 23.5 Å². The van der Waals surface area contributed by atoms with Gasteiger partial charge in [-0.2, -0.15) is 26.3 Å². The minimum Gasteiger partial charge on any atom is -0.475 e. The number of aromatic nitrogens is 7. The Balaban J connectivity index is 0.000000499. The summed E-state index contributed by atoms with van der Waals surface area (Å²) in [6.07, 6.45) is 2.88. The smallest absolute Gasteiger partial charge is 0.433 e. The number of rotatable bonds is 31. The number of nitrogens with zero attached hydrogens (tertiary/aromatic N) is 11. The van der Waals surface area contributed by atoms with Gasteiger partial charge in [-0.25, -0.2) is 34.9 Å². The number of aliphatic hydroxyl groups excluding tert-OH is 4. The number of nitrogen functional groups attached to an aromatic ring is 1. The molecule has 2 saturated heterocycles. The van der Waals surface area contributed by atoms with Crippen LogP contribution in [0.2, 0.25) is 5.15 Å². The van der Waals surface area contributed by atoms with Crippen molar-refractivity contribution >= 4 is 68.7 Å². The van der Waals surface area contributed by atoms with E-state index in [0.29, 0.717) is 123 Å². The number of hydrogen-bond donors (Lipinski definition) is 6. The summed E-state index contributed by atoms with van der Waals surface area (Å²) >= 11 is 10.0. The fourth-order valence-corrected chi connectivity index (χ4v) is 10.6. The van der Waals surface area contributed by atoms with Crippen LogP contribution in [0.3, 0.4) is 0 Å². The number of carbonyl (C=O) groups excluding carboxylic acids is 3. The van der Waals surface area contributed by atoms with Gasteiger partial charge >= 0.3 is 12.4 Å². The molecule has 11 rings (SSSR count). The van der Waals surface area contributed by atoms with Crippen molar-refractivity contribution in [2.24, 2.45) is 17.6 Å². The molecule has 0 aliphatic carbocycles. The second-order valence-electron chi connectivity index (χ2n) is 26.5. The third kappa shape index (κ3) is 46.5.